The van der Waals surface area contributed by atoms with Gasteiger partial charge in [-0.25, -0.2) is 0 Å². The number of allylic oxidation sites excluding steroid dienone is 5. The minimum atomic E-state index is 0.570. The highest BCUT2D eigenvalue weighted by Crippen LogP contribution is 2.55. The van der Waals surface area contributed by atoms with Gasteiger partial charge in [-0.3, -0.25) is 4.99 Å². The van der Waals surface area contributed by atoms with Crippen LogP contribution in [0.2, 0.25) is 0 Å². The van der Waals surface area contributed by atoms with E-state index in [0.29, 0.717) is 12.0 Å². The number of dihydropyridines is 1. The second-order valence-corrected chi connectivity index (χ2v) is 8.91. The summed E-state index contributed by atoms with van der Waals surface area (Å²) in [5.74, 6) is 2.94. The van der Waals surface area contributed by atoms with Crippen molar-refractivity contribution in [2.24, 2.45) is 28.7 Å². The molecule has 0 bridgehead atoms. The van der Waals surface area contributed by atoms with E-state index in [0.717, 1.165) is 24.3 Å². The molecule has 0 aromatic carbocycles. The van der Waals surface area contributed by atoms with Gasteiger partial charge in [-0.1, -0.05) is 32.1 Å². The van der Waals surface area contributed by atoms with Crippen molar-refractivity contribution in [3.8, 4) is 0 Å². The highest BCUT2D eigenvalue weighted by atomic mass is 15.2. The van der Waals surface area contributed by atoms with E-state index in [4.69, 9.17) is 0 Å². The molecule has 3 heterocycles. The van der Waals surface area contributed by atoms with Crippen molar-refractivity contribution < 1.29 is 0 Å². The third-order valence-electron chi connectivity index (χ3n) is 6.98. The smallest absolute Gasteiger partial charge is 0.0585 e. The molecule has 0 saturated carbocycles. The molecule has 0 radical (unpaired) electrons. The maximum atomic E-state index is 4.64. The molecule has 5 aliphatic rings. The van der Waals surface area contributed by atoms with E-state index < -0.39 is 0 Å². The molecular formula is C23H30N2. The highest BCUT2D eigenvalue weighted by molar-refractivity contribution is 5.74. The van der Waals surface area contributed by atoms with Crippen molar-refractivity contribution in [2.45, 2.75) is 58.4 Å². The lowest BCUT2D eigenvalue weighted by Crippen LogP contribution is -2.35. The lowest BCUT2D eigenvalue weighted by atomic mass is 9.73. The molecule has 0 amide bonds. The number of fused-ring (bicyclic) bond motifs is 5. The van der Waals surface area contributed by atoms with Gasteiger partial charge >= 0.3 is 0 Å². The van der Waals surface area contributed by atoms with Gasteiger partial charge < -0.3 is 4.90 Å². The van der Waals surface area contributed by atoms with E-state index in [2.05, 4.69) is 54.3 Å². The normalized spacial score (nSPS) is 35.9. The molecule has 4 unspecified atom stereocenters. The summed E-state index contributed by atoms with van der Waals surface area (Å²) in [5, 5.41) is 0. The van der Waals surface area contributed by atoms with Crippen LogP contribution in [-0.4, -0.2) is 23.7 Å². The van der Waals surface area contributed by atoms with Crippen LogP contribution < -0.4 is 0 Å². The first-order chi connectivity index (χ1) is 12.2. The lowest BCUT2D eigenvalue weighted by Gasteiger charge is -2.38. The molecule has 4 atom stereocenters. The van der Waals surface area contributed by atoms with Crippen molar-refractivity contribution in [1.29, 1.82) is 0 Å². The molecule has 0 spiro atoms. The molecule has 132 valence electrons. The zero-order valence-electron chi connectivity index (χ0n) is 15.6. The Labute approximate surface area is 152 Å². The summed E-state index contributed by atoms with van der Waals surface area (Å²) in [4.78, 5) is 7.44. The van der Waals surface area contributed by atoms with Crippen LogP contribution in [0.3, 0.4) is 0 Å². The van der Waals surface area contributed by atoms with Crippen LogP contribution in [0.4, 0.5) is 0 Å². The van der Waals surface area contributed by atoms with E-state index in [9.17, 15) is 0 Å². The van der Waals surface area contributed by atoms with E-state index >= 15 is 0 Å². The van der Waals surface area contributed by atoms with Crippen molar-refractivity contribution in [1.82, 2.24) is 4.90 Å². The van der Waals surface area contributed by atoms with E-state index in [1.54, 1.807) is 22.5 Å². The Hall–Kier alpha value is -1.57. The molecule has 25 heavy (non-hydrogen) atoms. The molecule has 5 rings (SSSR count). The second-order valence-electron chi connectivity index (χ2n) is 8.91. The Morgan fingerprint density at radius 3 is 3.00 bits per heavy atom. The van der Waals surface area contributed by atoms with Crippen LogP contribution in [0.1, 0.15) is 52.4 Å². The minimum absolute atomic E-state index is 0.570. The van der Waals surface area contributed by atoms with Crippen LogP contribution >= 0.6 is 0 Å². The molecular weight excluding hydrogens is 304 g/mol. The first-order valence-electron chi connectivity index (χ1n) is 10.3. The van der Waals surface area contributed by atoms with Gasteiger partial charge in [0.25, 0.3) is 0 Å². The van der Waals surface area contributed by atoms with Gasteiger partial charge in [0.15, 0.2) is 0 Å². The third kappa shape index (κ3) is 2.40. The van der Waals surface area contributed by atoms with Crippen molar-refractivity contribution in [3.05, 3.63) is 46.8 Å². The topological polar surface area (TPSA) is 15.6 Å². The Balaban J connectivity index is 1.65. The summed E-state index contributed by atoms with van der Waals surface area (Å²) in [5.41, 5.74) is 6.64. The molecule has 2 heteroatoms. The van der Waals surface area contributed by atoms with Gasteiger partial charge in [0.1, 0.15) is 0 Å². The Bertz CT molecular complexity index is 718. The van der Waals surface area contributed by atoms with Crippen LogP contribution in [-0.2, 0) is 0 Å². The largest absolute Gasteiger partial charge is 0.341 e. The summed E-state index contributed by atoms with van der Waals surface area (Å²) >= 11 is 0. The number of hydrogen-bond acceptors (Lipinski definition) is 2. The van der Waals surface area contributed by atoms with Crippen molar-refractivity contribution in [3.63, 3.8) is 0 Å². The fourth-order valence-corrected chi connectivity index (χ4v) is 6.03. The zero-order chi connectivity index (χ0) is 17.0. The monoisotopic (exact) mass is 334 g/mol. The lowest BCUT2D eigenvalue weighted by molar-refractivity contribution is 0.302. The summed E-state index contributed by atoms with van der Waals surface area (Å²) < 4.78 is 0. The number of hydrogen-bond donors (Lipinski definition) is 0. The fraction of sp³-hybridized carbons (Fsp3) is 0.609. The van der Waals surface area contributed by atoms with Gasteiger partial charge in [0.2, 0.25) is 0 Å². The van der Waals surface area contributed by atoms with Crippen LogP contribution in [0, 0.1) is 23.7 Å². The summed E-state index contributed by atoms with van der Waals surface area (Å²) in [6.45, 7) is 5.77. The maximum Gasteiger partial charge on any atom is 0.0585 e. The quantitative estimate of drug-likeness (QED) is 0.672. The molecule has 2 aliphatic carbocycles. The van der Waals surface area contributed by atoms with Gasteiger partial charge in [-0.2, -0.15) is 0 Å². The molecule has 0 aromatic rings. The Morgan fingerprint density at radius 1 is 1.20 bits per heavy atom. The van der Waals surface area contributed by atoms with Gasteiger partial charge in [-0.05, 0) is 67.6 Å². The first kappa shape index (κ1) is 15.7. The highest BCUT2D eigenvalue weighted by Gasteiger charge is 2.49. The molecule has 1 fully saturated rings. The molecule has 1 saturated heterocycles. The molecule has 3 aliphatic heterocycles. The average Bonchev–Trinajstić information content (AvgIpc) is 2.84. The second kappa shape index (κ2) is 6.00. The SMILES string of the molecule is CC(C)CC1CCC2C3=C1CC=C1C=CCCC1N3C1=CC=NCC12. The molecule has 2 nitrogen and oxygen atoms in total. The van der Waals surface area contributed by atoms with Gasteiger partial charge in [0, 0.05) is 36.0 Å². The van der Waals surface area contributed by atoms with Gasteiger partial charge in [-0.15, -0.1) is 0 Å². The van der Waals surface area contributed by atoms with Crippen molar-refractivity contribution >= 4 is 6.21 Å². The summed E-state index contributed by atoms with van der Waals surface area (Å²) in [7, 11) is 0. The average molecular weight is 335 g/mol. The predicted molar refractivity (Wildman–Crippen MR) is 104 cm³/mol. The number of rotatable bonds is 2. The van der Waals surface area contributed by atoms with Crippen LogP contribution in [0.15, 0.2) is 51.8 Å². The predicted octanol–water partition coefficient (Wildman–Crippen LogP) is 5.26. The summed E-state index contributed by atoms with van der Waals surface area (Å²) in [6, 6.07) is 0.570. The molecule has 0 N–H and O–H groups in total. The standard InChI is InChI=1S/C23H30N2/c1-15(2)13-17-8-10-19-20-14-24-12-11-22(20)25-21-6-4-3-5-16(21)7-9-18(17)23(19)25/h3,5,7,11-12,15,17,19-21H,4,6,8-10,13-14H2,1-2H3. The van der Waals surface area contributed by atoms with E-state index in [1.807, 2.05) is 0 Å². The Kier molecular flexibility index (Phi) is 3.76. The minimum Gasteiger partial charge on any atom is -0.341 e. The van der Waals surface area contributed by atoms with Gasteiger partial charge in [0.05, 0.1) is 6.04 Å². The van der Waals surface area contributed by atoms with Crippen molar-refractivity contribution in [2.75, 3.05) is 6.54 Å². The van der Waals surface area contributed by atoms with Crippen LogP contribution in [0.5, 0.6) is 0 Å². The zero-order valence-corrected chi connectivity index (χ0v) is 15.6. The van der Waals surface area contributed by atoms with E-state index in [-0.39, 0.29) is 0 Å². The number of aliphatic imine (C=N–C) groups is 1. The summed E-state index contributed by atoms with van der Waals surface area (Å²) in [6.07, 6.45) is 19.5. The first-order valence-corrected chi connectivity index (χ1v) is 10.3. The maximum absolute atomic E-state index is 4.64. The fourth-order valence-electron chi connectivity index (χ4n) is 6.03. The van der Waals surface area contributed by atoms with Crippen LogP contribution in [0.25, 0.3) is 0 Å². The molecule has 0 aromatic heterocycles. The Morgan fingerprint density at radius 2 is 2.12 bits per heavy atom. The third-order valence-corrected chi connectivity index (χ3v) is 6.98. The number of nitrogens with zero attached hydrogens (tertiary/aromatic N) is 2. The van der Waals surface area contributed by atoms with E-state index in [1.165, 1.54) is 38.5 Å².